The quantitative estimate of drug-likeness (QED) is 0.199. The van der Waals surface area contributed by atoms with Gasteiger partial charge < -0.3 is 33.2 Å². The van der Waals surface area contributed by atoms with E-state index in [9.17, 15) is 14.4 Å². The number of amides is 2. The maximum absolute atomic E-state index is 13.7. The SMILES string of the molecule is CN(CC[C@H](CN(C(=O)OC(C)(C)C)c1nccn1C(=O)OC(C)(C)C)OCc1ccc(B2OC(C)(C)C(C)(C)O2)cc1)C(=O)OC(C)(C)C. The Morgan fingerprint density at radius 2 is 1.36 bits per heavy atom. The minimum atomic E-state index is -0.842. The third-order valence-corrected chi connectivity index (χ3v) is 7.94. The van der Waals surface area contributed by atoms with Crippen LogP contribution >= 0.6 is 0 Å². The topological polar surface area (TPSA) is 131 Å². The molecule has 1 atom stereocenters. The minimum Gasteiger partial charge on any atom is -0.444 e. The number of nitrogens with zero attached hydrogens (tertiary/aromatic N) is 4. The molecule has 50 heavy (non-hydrogen) atoms. The summed E-state index contributed by atoms with van der Waals surface area (Å²) < 4.78 is 36.8. The molecule has 0 spiro atoms. The summed E-state index contributed by atoms with van der Waals surface area (Å²) in [6.07, 6.45) is 0.586. The molecule has 278 valence electrons. The Labute approximate surface area is 298 Å². The lowest BCUT2D eigenvalue weighted by Gasteiger charge is -2.32. The van der Waals surface area contributed by atoms with Gasteiger partial charge in [-0.2, -0.15) is 0 Å². The molecule has 14 heteroatoms. The number of hydrogen-bond donors (Lipinski definition) is 0. The number of imidazole rings is 1. The number of ether oxygens (including phenoxy) is 4. The smallest absolute Gasteiger partial charge is 0.444 e. The molecule has 2 aromatic rings. The van der Waals surface area contributed by atoms with Crippen molar-refractivity contribution in [3.8, 4) is 0 Å². The molecule has 2 heterocycles. The third-order valence-electron chi connectivity index (χ3n) is 7.94. The van der Waals surface area contributed by atoms with E-state index in [1.165, 1.54) is 22.2 Å². The highest BCUT2D eigenvalue weighted by atomic mass is 16.7. The Morgan fingerprint density at radius 1 is 0.840 bits per heavy atom. The van der Waals surface area contributed by atoms with Gasteiger partial charge in [-0.05, 0) is 107 Å². The van der Waals surface area contributed by atoms with Crippen LogP contribution in [0.4, 0.5) is 20.3 Å². The number of anilines is 1. The standard InChI is InChI=1S/C36H57BN4O9/c1-32(2,3)46-29(42)39(14)21-19-27(45-24-25-15-17-26(18-16-25)37-49-35(10,11)36(12,13)50-37)23-41(31(44)48-34(7,8)9)28-38-20-22-40(28)30(43)47-33(4,5)6/h15-18,20,22,27H,19,21,23-24H2,1-14H3/t27-/m1/s1. The zero-order chi connectivity index (χ0) is 37.9. The highest BCUT2D eigenvalue weighted by molar-refractivity contribution is 6.62. The molecule has 1 aromatic heterocycles. The Kier molecular flexibility index (Phi) is 12.5. The Balaban J connectivity index is 1.89. The van der Waals surface area contributed by atoms with E-state index in [1.54, 1.807) is 69.4 Å². The van der Waals surface area contributed by atoms with Crippen LogP contribution in [-0.4, -0.2) is 94.1 Å². The fourth-order valence-corrected chi connectivity index (χ4v) is 4.67. The van der Waals surface area contributed by atoms with Gasteiger partial charge >= 0.3 is 25.4 Å². The summed E-state index contributed by atoms with van der Waals surface area (Å²) in [5.41, 5.74) is -1.47. The van der Waals surface area contributed by atoms with E-state index >= 15 is 0 Å². The molecule has 0 radical (unpaired) electrons. The van der Waals surface area contributed by atoms with Gasteiger partial charge in [0.15, 0.2) is 0 Å². The number of benzene rings is 1. The number of carbonyl (C=O) groups excluding carboxylic acids is 3. The number of rotatable bonds is 10. The molecule has 0 N–H and O–H groups in total. The van der Waals surface area contributed by atoms with Gasteiger partial charge in [-0.3, -0.25) is 0 Å². The predicted octanol–water partition coefficient (Wildman–Crippen LogP) is 6.55. The number of carbonyl (C=O) groups is 3. The van der Waals surface area contributed by atoms with E-state index in [-0.39, 0.29) is 25.6 Å². The highest BCUT2D eigenvalue weighted by Gasteiger charge is 2.51. The monoisotopic (exact) mass is 700 g/mol. The summed E-state index contributed by atoms with van der Waals surface area (Å²) in [6, 6.07) is 7.75. The summed E-state index contributed by atoms with van der Waals surface area (Å²) in [7, 11) is 1.14. The molecular weight excluding hydrogens is 643 g/mol. The molecule has 0 aliphatic carbocycles. The summed E-state index contributed by atoms with van der Waals surface area (Å²) in [5.74, 6) is 0.00867. The molecule has 3 rings (SSSR count). The van der Waals surface area contributed by atoms with Crippen LogP contribution in [-0.2, 0) is 34.9 Å². The second-order valence-electron chi connectivity index (χ2n) is 16.6. The molecule has 1 fully saturated rings. The highest BCUT2D eigenvalue weighted by Crippen LogP contribution is 2.36. The van der Waals surface area contributed by atoms with Crippen molar-refractivity contribution in [2.45, 2.75) is 137 Å². The first kappa shape index (κ1) is 40.8. The second-order valence-corrected chi connectivity index (χ2v) is 16.6. The maximum atomic E-state index is 13.7. The van der Waals surface area contributed by atoms with Crippen molar-refractivity contribution in [1.82, 2.24) is 14.5 Å². The van der Waals surface area contributed by atoms with Gasteiger partial charge in [0.1, 0.15) is 16.8 Å². The Morgan fingerprint density at radius 3 is 1.88 bits per heavy atom. The summed E-state index contributed by atoms with van der Waals surface area (Å²) in [6.45, 7) is 24.3. The summed E-state index contributed by atoms with van der Waals surface area (Å²) >= 11 is 0. The largest absolute Gasteiger partial charge is 0.494 e. The van der Waals surface area contributed by atoms with Gasteiger partial charge in [-0.1, -0.05) is 24.3 Å². The van der Waals surface area contributed by atoms with Crippen molar-refractivity contribution in [3.63, 3.8) is 0 Å². The zero-order valence-corrected chi connectivity index (χ0v) is 32.4. The number of hydrogen-bond acceptors (Lipinski definition) is 10. The Hall–Kier alpha value is -3.62. The molecule has 2 amide bonds. The lowest BCUT2D eigenvalue weighted by Crippen LogP contribution is -2.45. The third kappa shape index (κ3) is 11.7. The first-order chi connectivity index (χ1) is 22.8. The van der Waals surface area contributed by atoms with Crippen LogP contribution in [0.1, 0.15) is 102 Å². The molecule has 13 nitrogen and oxygen atoms in total. The average molecular weight is 701 g/mol. The lowest BCUT2D eigenvalue weighted by molar-refractivity contribution is 0.00578. The summed E-state index contributed by atoms with van der Waals surface area (Å²) in [5, 5.41) is 0. The van der Waals surface area contributed by atoms with Crippen LogP contribution in [0.25, 0.3) is 0 Å². The fraction of sp³-hybridized carbons (Fsp3) is 0.667. The van der Waals surface area contributed by atoms with Crippen LogP contribution in [0.3, 0.4) is 0 Å². The van der Waals surface area contributed by atoms with E-state index in [1.807, 2.05) is 52.0 Å². The van der Waals surface area contributed by atoms with Crippen LogP contribution in [0.15, 0.2) is 36.7 Å². The van der Waals surface area contributed by atoms with Crippen LogP contribution in [0, 0.1) is 0 Å². The van der Waals surface area contributed by atoms with Crippen molar-refractivity contribution in [2.75, 3.05) is 25.0 Å². The molecule has 1 aliphatic heterocycles. The first-order valence-corrected chi connectivity index (χ1v) is 17.0. The van der Waals surface area contributed by atoms with Crippen molar-refractivity contribution in [1.29, 1.82) is 0 Å². The molecule has 0 bridgehead atoms. The van der Waals surface area contributed by atoms with E-state index in [2.05, 4.69) is 4.98 Å². The van der Waals surface area contributed by atoms with E-state index in [0.717, 1.165) is 15.6 Å². The minimum absolute atomic E-state index is 0.00867. The molecule has 0 saturated carbocycles. The van der Waals surface area contributed by atoms with Crippen LogP contribution < -0.4 is 10.4 Å². The van der Waals surface area contributed by atoms with Crippen molar-refractivity contribution in [2.24, 2.45) is 0 Å². The fourth-order valence-electron chi connectivity index (χ4n) is 4.67. The maximum Gasteiger partial charge on any atom is 0.494 e. The predicted molar refractivity (Wildman–Crippen MR) is 192 cm³/mol. The zero-order valence-electron chi connectivity index (χ0n) is 32.4. The van der Waals surface area contributed by atoms with Gasteiger partial charge in [-0.15, -0.1) is 0 Å². The lowest BCUT2D eigenvalue weighted by atomic mass is 9.79. The molecule has 1 saturated heterocycles. The molecule has 1 aromatic carbocycles. The molecule has 1 aliphatic rings. The van der Waals surface area contributed by atoms with Gasteiger partial charge in [-0.25, -0.2) is 28.8 Å². The van der Waals surface area contributed by atoms with E-state index < -0.39 is 59.5 Å². The van der Waals surface area contributed by atoms with Gasteiger partial charge in [0.25, 0.3) is 0 Å². The van der Waals surface area contributed by atoms with E-state index in [4.69, 9.17) is 28.3 Å². The summed E-state index contributed by atoms with van der Waals surface area (Å²) in [4.78, 5) is 46.7. The van der Waals surface area contributed by atoms with Gasteiger partial charge in [0.2, 0.25) is 5.95 Å². The van der Waals surface area contributed by atoms with Crippen LogP contribution in [0.5, 0.6) is 0 Å². The average Bonchev–Trinajstić information content (AvgIpc) is 3.51. The van der Waals surface area contributed by atoms with Gasteiger partial charge in [0, 0.05) is 26.0 Å². The van der Waals surface area contributed by atoms with Crippen molar-refractivity contribution < 1.29 is 42.6 Å². The second kappa shape index (κ2) is 15.3. The molecule has 0 unspecified atom stereocenters. The van der Waals surface area contributed by atoms with E-state index in [0.29, 0.717) is 6.42 Å². The molecular formula is C36H57BN4O9. The Bertz CT molecular complexity index is 1450. The normalized spacial score (nSPS) is 16.5. The first-order valence-electron chi connectivity index (χ1n) is 17.0. The van der Waals surface area contributed by atoms with Gasteiger partial charge in [0.05, 0.1) is 30.5 Å². The number of aromatic nitrogens is 2. The van der Waals surface area contributed by atoms with Crippen LogP contribution in [0.2, 0.25) is 0 Å². The van der Waals surface area contributed by atoms with Crippen molar-refractivity contribution in [3.05, 3.63) is 42.2 Å². The van der Waals surface area contributed by atoms with Crippen molar-refractivity contribution >= 4 is 36.8 Å².